The number of carbonyl (C=O) groups is 2. The maximum absolute atomic E-state index is 9.00. The first-order valence-electron chi connectivity index (χ1n) is 2.53. The summed E-state index contributed by atoms with van der Waals surface area (Å²) in [5.41, 5.74) is 0. The van der Waals surface area contributed by atoms with Crippen LogP contribution in [0.2, 0.25) is 0 Å². The minimum absolute atomic E-state index is 0.167. The Morgan fingerprint density at radius 1 is 1.40 bits per heavy atom. The van der Waals surface area contributed by atoms with E-state index in [0.29, 0.717) is 0 Å². The van der Waals surface area contributed by atoms with Crippen molar-refractivity contribution in [3.05, 3.63) is 24.5 Å². The smallest absolute Gasteiger partial charge is 0.368 e. The van der Waals surface area contributed by atoms with E-state index in [2.05, 4.69) is 4.98 Å². The molecule has 0 aliphatic carbocycles. The van der Waals surface area contributed by atoms with Gasteiger partial charge in [-0.3, -0.25) is 4.79 Å². The Morgan fingerprint density at radius 3 is 1.90 bits per heavy atom. The second-order valence-electron chi connectivity index (χ2n) is 1.34. The highest BCUT2D eigenvalue weighted by molar-refractivity contribution is 6.19. The molecule has 1 rings (SSSR count). The van der Waals surface area contributed by atoms with Crippen molar-refractivity contribution in [2.75, 3.05) is 0 Å². The van der Waals surface area contributed by atoms with Gasteiger partial charge in [-0.2, -0.15) is 0 Å². The minimum atomic E-state index is -1.43. The van der Waals surface area contributed by atoms with E-state index in [9.17, 15) is 0 Å². The minimum Gasteiger partial charge on any atom is -0.476 e. The van der Waals surface area contributed by atoms with E-state index < -0.39 is 5.97 Å². The van der Waals surface area contributed by atoms with Crippen molar-refractivity contribution >= 4 is 12.3 Å². The molecule has 0 amide bonds. The molecule has 0 atom stereocenters. The van der Waals surface area contributed by atoms with Gasteiger partial charge in [0, 0.05) is 12.4 Å². The second kappa shape index (κ2) is 5.55. The molecule has 1 heterocycles. The third-order valence-corrected chi connectivity index (χ3v) is 0.597. The van der Waals surface area contributed by atoms with Gasteiger partial charge in [-0.1, -0.05) is 0 Å². The zero-order chi connectivity index (χ0) is 7.82. The van der Waals surface area contributed by atoms with Crippen LogP contribution in [0, 0.1) is 0 Å². The third-order valence-electron chi connectivity index (χ3n) is 0.597. The molecule has 0 fully saturated rings. The van der Waals surface area contributed by atoms with Crippen molar-refractivity contribution in [3.63, 3.8) is 0 Å². The number of carbonyl (C=O) groups excluding carboxylic acids is 1. The lowest BCUT2D eigenvalue weighted by atomic mass is 10.7. The predicted molar refractivity (Wildman–Crippen MR) is 34.5 cm³/mol. The zero-order valence-corrected chi connectivity index (χ0v) is 5.15. The van der Waals surface area contributed by atoms with E-state index >= 15 is 0 Å². The summed E-state index contributed by atoms with van der Waals surface area (Å²) in [4.78, 5) is 20.8. The average Bonchev–Trinajstić information content (AvgIpc) is 2.43. The van der Waals surface area contributed by atoms with Gasteiger partial charge in [-0.25, -0.2) is 4.79 Å². The lowest BCUT2D eigenvalue weighted by molar-refractivity contribution is -0.143. The van der Waals surface area contributed by atoms with Crippen molar-refractivity contribution in [1.29, 1.82) is 0 Å². The molecular formula is C6H7NO3. The number of nitrogens with one attached hydrogen (secondary N) is 1. The quantitative estimate of drug-likeness (QED) is 0.436. The Balaban J connectivity index is 0.000000162. The van der Waals surface area contributed by atoms with Gasteiger partial charge in [-0.05, 0) is 12.1 Å². The SMILES string of the molecule is O=CC(=O)O.c1cc[nH]c1. The van der Waals surface area contributed by atoms with E-state index in [-0.39, 0.29) is 6.29 Å². The zero-order valence-electron chi connectivity index (χ0n) is 5.15. The van der Waals surface area contributed by atoms with E-state index in [1.807, 2.05) is 24.5 Å². The summed E-state index contributed by atoms with van der Waals surface area (Å²) in [6.07, 6.45) is 3.58. The molecule has 0 aromatic carbocycles. The largest absolute Gasteiger partial charge is 0.476 e. The molecule has 2 N–H and O–H groups in total. The van der Waals surface area contributed by atoms with Gasteiger partial charge < -0.3 is 10.1 Å². The lowest BCUT2D eigenvalue weighted by Gasteiger charge is -1.59. The maximum Gasteiger partial charge on any atom is 0.368 e. The summed E-state index contributed by atoms with van der Waals surface area (Å²) >= 11 is 0. The Labute approximate surface area is 57.5 Å². The summed E-state index contributed by atoms with van der Waals surface area (Å²) in [5.74, 6) is -1.43. The van der Waals surface area contributed by atoms with Crippen LogP contribution in [0.3, 0.4) is 0 Å². The monoisotopic (exact) mass is 141 g/mol. The van der Waals surface area contributed by atoms with Crippen LogP contribution in [0.1, 0.15) is 0 Å². The molecule has 0 saturated heterocycles. The summed E-state index contributed by atoms with van der Waals surface area (Å²) in [7, 11) is 0. The molecule has 0 aliphatic rings. The predicted octanol–water partition coefficient (Wildman–Crippen LogP) is 0.285. The number of aromatic amines is 1. The first-order valence-corrected chi connectivity index (χ1v) is 2.53. The lowest BCUT2D eigenvalue weighted by Crippen LogP contribution is -1.91. The molecule has 0 aliphatic heterocycles. The maximum atomic E-state index is 9.00. The molecule has 4 nitrogen and oxygen atoms in total. The molecule has 0 spiro atoms. The van der Waals surface area contributed by atoms with Crippen molar-refractivity contribution in [1.82, 2.24) is 4.98 Å². The Kier molecular flexibility index (Phi) is 4.68. The van der Waals surface area contributed by atoms with Crippen LogP contribution in [-0.2, 0) is 9.59 Å². The molecule has 10 heavy (non-hydrogen) atoms. The van der Waals surface area contributed by atoms with E-state index in [4.69, 9.17) is 14.7 Å². The number of carboxylic acids is 1. The molecule has 0 unspecified atom stereocenters. The molecule has 1 aromatic heterocycles. The van der Waals surface area contributed by atoms with Crippen molar-refractivity contribution in [3.8, 4) is 0 Å². The van der Waals surface area contributed by atoms with Crippen LogP contribution in [0.5, 0.6) is 0 Å². The van der Waals surface area contributed by atoms with E-state index in [1.54, 1.807) is 0 Å². The molecule has 54 valence electrons. The first kappa shape index (κ1) is 8.42. The topological polar surface area (TPSA) is 70.2 Å². The highest BCUT2D eigenvalue weighted by Gasteiger charge is 1.80. The van der Waals surface area contributed by atoms with Crippen molar-refractivity contribution < 1.29 is 14.7 Å². The first-order chi connectivity index (χ1) is 4.77. The summed E-state index contributed by atoms with van der Waals surface area (Å²) < 4.78 is 0. The van der Waals surface area contributed by atoms with Crippen molar-refractivity contribution in [2.24, 2.45) is 0 Å². The number of aldehydes is 1. The van der Waals surface area contributed by atoms with Crippen LogP contribution < -0.4 is 0 Å². The number of aliphatic carboxylic acids is 1. The Bertz CT molecular complexity index is 164. The van der Waals surface area contributed by atoms with E-state index in [1.165, 1.54) is 0 Å². The highest BCUT2D eigenvalue weighted by atomic mass is 16.4. The molecule has 0 radical (unpaired) electrons. The Hall–Kier alpha value is -1.58. The van der Waals surface area contributed by atoms with Crippen LogP contribution in [-0.4, -0.2) is 22.3 Å². The van der Waals surface area contributed by atoms with Crippen LogP contribution >= 0.6 is 0 Å². The van der Waals surface area contributed by atoms with E-state index in [0.717, 1.165) is 0 Å². The second-order valence-corrected chi connectivity index (χ2v) is 1.34. The fraction of sp³-hybridized carbons (Fsp3) is 0. The van der Waals surface area contributed by atoms with Gasteiger partial charge >= 0.3 is 5.97 Å². The summed E-state index contributed by atoms with van der Waals surface area (Å²) in [6.45, 7) is 0. The third kappa shape index (κ3) is 6.42. The summed E-state index contributed by atoms with van der Waals surface area (Å²) in [5, 5.41) is 7.35. The summed E-state index contributed by atoms with van der Waals surface area (Å²) in [6, 6.07) is 3.89. The van der Waals surface area contributed by atoms with Gasteiger partial charge in [0.05, 0.1) is 0 Å². The number of carboxylic acid groups (broad SMARTS) is 1. The van der Waals surface area contributed by atoms with Crippen LogP contribution in [0.25, 0.3) is 0 Å². The fourth-order valence-electron chi connectivity index (χ4n) is 0.278. The van der Waals surface area contributed by atoms with Gasteiger partial charge in [0.15, 0.2) is 0 Å². The van der Waals surface area contributed by atoms with Crippen LogP contribution in [0.15, 0.2) is 24.5 Å². The number of hydrogen-bond acceptors (Lipinski definition) is 2. The normalized spacial score (nSPS) is 7.20. The number of H-pyrrole nitrogens is 1. The highest BCUT2D eigenvalue weighted by Crippen LogP contribution is 1.72. The van der Waals surface area contributed by atoms with Gasteiger partial charge in [0.25, 0.3) is 0 Å². The van der Waals surface area contributed by atoms with Gasteiger partial charge in [-0.15, -0.1) is 0 Å². The molecular weight excluding hydrogens is 134 g/mol. The average molecular weight is 141 g/mol. The molecule has 4 heteroatoms. The molecule has 1 aromatic rings. The number of hydrogen-bond donors (Lipinski definition) is 2. The Morgan fingerprint density at radius 2 is 1.80 bits per heavy atom. The van der Waals surface area contributed by atoms with Crippen molar-refractivity contribution in [2.45, 2.75) is 0 Å². The molecule has 0 bridgehead atoms. The van der Waals surface area contributed by atoms with Gasteiger partial charge in [0.1, 0.15) is 0 Å². The standard InChI is InChI=1S/C4H5N.C2H2O3/c1-2-4-5-3-1;3-1-2(4)5/h1-5H;1H,(H,4,5). The van der Waals surface area contributed by atoms with Gasteiger partial charge in [0.2, 0.25) is 6.29 Å². The number of aromatic nitrogens is 1. The van der Waals surface area contributed by atoms with Crippen LogP contribution in [0.4, 0.5) is 0 Å². The number of rotatable bonds is 1. The molecule has 0 saturated carbocycles. The fourth-order valence-corrected chi connectivity index (χ4v) is 0.278.